The van der Waals surface area contributed by atoms with E-state index in [4.69, 9.17) is 19.4 Å². The molecule has 0 spiro atoms. The van der Waals surface area contributed by atoms with Gasteiger partial charge in [-0.2, -0.15) is 0 Å². The van der Waals surface area contributed by atoms with Gasteiger partial charge in [0.2, 0.25) is 0 Å². The van der Waals surface area contributed by atoms with E-state index in [1.807, 2.05) is 55.5 Å². The molecule has 246 valence electrons. The van der Waals surface area contributed by atoms with Crippen molar-refractivity contribution >= 4 is 28.0 Å². The average Bonchev–Trinajstić information content (AvgIpc) is 3.60. The maximum atomic E-state index is 6.51. The molecule has 0 saturated carbocycles. The summed E-state index contributed by atoms with van der Waals surface area (Å²) in [5.41, 5.74) is 12.5. The van der Waals surface area contributed by atoms with Crippen LogP contribution in [-0.4, -0.2) is 15.0 Å². The zero-order chi connectivity index (χ0) is 34.9. The Kier molecular flexibility index (Phi) is 8.03. The summed E-state index contributed by atoms with van der Waals surface area (Å²) >= 11 is 0. The van der Waals surface area contributed by atoms with Gasteiger partial charge in [0, 0.05) is 27.5 Å². The normalized spacial score (nSPS) is 11.5. The van der Waals surface area contributed by atoms with Gasteiger partial charge in [-0.25, -0.2) is 15.0 Å². The largest absolute Gasteiger partial charge is 0.456 e. The zero-order valence-electron chi connectivity index (χ0n) is 28.6. The lowest BCUT2D eigenvalue weighted by atomic mass is 9.98. The Hall–Kier alpha value is -6.91. The molecule has 0 atom stereocenters. The average molecular weight is 668 g/mol. The van der Waals surface area contributed by atoms with E-state index < -0.39 is 0 Å². The highest BCUT2D eigenvalue weighted by molar-refractivity contribution is 6.12. The molecular weight excluding hydrogens is 635 g/mol. The van der Waals surface area contributed by atoms with Crippen molar-refractivity contribution < 1.29 is 4.42 Å². The van der Waals surface area contributed by atoms with Crippen molar-refractivity contribution in [2.45, 2.75) is 6.92 Å². The van der Waals surface area contributed by atoms with E-state index in [1.54, 1.807) is 0 Å². The minimum absolute atomic E-state index is 0.597. The zero-order valence-corrected chi connectivity index (χ0v) is 28.6. The van der Waals surface area contributed by atoms with Crippen LogP contribution in [0.3, 0.4) is 0 Å². The summed E-state index contributed by atoms with van der Waals surface area (Å²) in [6.45, 7) is 2.04. The number of rotatable bonds is 7. The van der Waals surface area contributed by atoms with Gasteiger partial charge in [0.15, 0.2) is 17.5 Å². The number of allylic oxidation sites excluding steroid dienone is 1. The van der Waals surface area contributed by atoms with Gasteiger partial charge in [-0.15, -0.1) is 0 Å². The Bertz CT molecular complexity index is 2710. The Labute approximate surface area is 302 Å². The van der Waals surface area contributed by atoms with Gasteiger partial charge in [0.05, 0.1) is 0 Å². The Morgan fingerprint density at radius 1 is 0.404 bits per heavy atom. The van der Waals surface area contributed by atoms with Gasteiger partial charge < -0.3 is 4.42 Å². The molecule has 2 heterocycles. The summed E-state index contributed by atoms with van der Waals surface area (Å²) < 4.78 is 6.51. The SMILES string of the molecule is C/C=C\c1ccccc1-c1ccc(-c2nc(-c3ccccc3)nc(-c3cccc4oc5cc(-c6ccc(-c7ccccc7)cc6)ccc5c34)n2)cc1. The minimum Gasteiger partial charge on any atom is -0.456 e. The smallest absolute Gasteiger partial charge is 0.164 e. The van der Waals surface area contributed by atoms with Crippen LogP contribution in [0.25, 0.3) is 95.6 Å². The van der Waals surface area contributed by atoms with Crippen LogP contribution in [-0.2, 0) is 0 Å². The molecule has 0 radical (unpaired) electrons. The summed E-state index contributed by atoms with van der Waals surface area (Å²) in [6.07, 6.45) is 4.20. The number of furan rings is 1. The van der Waals surface area contributed by atoms with E-state index >= 15 is 0 Å². The second-order valence-electron chi connectivity index (χ2n) is 12.8. The first-order valence-corrected chi connectivity index (χ1v) is 17.5. The van der Waals surface area contributed by atoms with Crippen molar-refractivity contribution in [2.75, 3.05) is 0 Å². The highest BCUT2D eigenvalue weighted by atomic mass is 16.3. The molecule has 4 heteroatoms. The molecule has 0 aliphatic rings. The molecule has 0 amide bonds. The van der Waals surface area contributed by atoms with Crippen molar-refractivity contribution in [1.82, 2.24) is 15.0 Å². The second kappa shape index (κ2) is 13.4. The van der Waals surface area contributed by atoms with E-state index in [2.05, 4.69) is 133 Å². The maximum Gasteiger partial charge on any atom is 0.164 e. The van der Waals surface area contributed by atoms with Gasteiger partial charge >= 0.3 is 0 Å². The quantitative estimate of drug-likeness (QED) is 0.170. The lowest BCUT2D eigenvalue weighted by Crippen LogP contribution is -2.00. The molecule has 0 aliphatic heterocycles. The van der Waals surface area contributed by atoms with Gasteiger partial charge in [-0.3, -0.25) is 0 Å². The van der Waals surface area contributed by atoms with Gasteiger partial charge in [-0.1, -0.05) is 164 Å². The van der Waals surface area contributed by atoms with Crippen LogP contribution in [0.4, 0.5) is 0 Å². The summed E-state index contributed by atoms with van der Waals surface area (Å²) in [5, 5.41) is 2.00. The van der Waals surface area contributed by atoms with Crippen molar-refractivity contribution in [3.8, 4) is 67.5 Å². The fraction of sp³-hybridized carbons (Fsp3) is 0.0208. The molecule has 4 nitrogen and oxygen atoms in total. The summed E-state index contributed by atoms with van der Waals surface area (Å²) in [6, 6.07) is 58.6. The first-order chi connectivity index (χ1) is 25.7. The van der Waals surface area contributed by atoms with E-state index in [0.717, 1.165) is 55.3 Å². The predicted octanol–water partition coefficient (Wildman–Crippen LogP) is 12.8. The lowest BCUT2D eigenvalue weighted by molar-refractivity contribution is 0.669. The molecule has 0 saturated heterocycles. The first kappa shape index (κ1) is 31.1. The molecule has 7 aromatic carbocycles. The molecule has 0 bridgehead atoms. The third kappa shape index (κ3) is 5.86. The van der Waals surface area contributed by atoms with Crippen molar-refractivity contribution in [2.24, 2.45) is 0 Å². The summed E-state index contributed by atoms with van der Waals surface area (Å²) in [5.74, 6) is 1.83. The summed E-state index contributed by atoms with van der Waals surface area (Å²) in [7, 11) is 0. The van der Waals surface area contributed by atoms with E-state index in [0.29, 0.717) is 17.5 Å². The fourth-order valence-electron chi connectivity index (χ4n) is 6.90. The molecule has 0 fully saturated rings. The Balaban J connectivity index is 1.13. The molecule has 2 aromatic heterocycles. The van der Waals surface area contributed by atoms with Gasteiger partial charge in [-0.05, 0) is 64.1 Å². The number of aromatic nitrogens is 3. The minimum atomic E-state index is 0.597. The standard InChI is InChI=1S/C48H33N3O/c1-2-12-35-15-9-10-18-40(35)36-25-27-38(28-26-36)47-49-46(37-16-7-4-8-17-37)50-48(51-47)42-19-11-20-43-45(42)41-30-29-39(31-44(41)52-43)34-23-21-33(22-24-34)32-13-5-3-6-14-32/h2-31H,1H3/b12-2-. The molecule has 0 unspecified atom stereocenters. The van der Waals surface area contributed by atoms with Gasteiger partial charge in [0.1, 0.15) is 11.2 Å². The van der Waals surface area contributed by atoms with Crippen LogP contribution in [0.2, 0.25) is 0 Å². The van der Waals surface area contributed by atoms with Crippen LogP contribution in [0.5, 0.6) is 0 Å². The molecule has 9 rings (SSSR count). The van der Waals surface area contributed by atoms with E-state index in [9.17, 15) is 0 Å². The predicted molar refractivity (Wildman–Crippen MR) is 214 cm³/mol. The summed E-state index contributed by atoms with van der Waals surface area (Å²) in [4.78, 5) is 15.2. The monoisotopic (exact) mass is 667 g/mol. The maximum absolute atomic E-state index is 6.51. The van der Waals surface area contributed by atoms with E-state index in [-0.39, 0.29) is 0 Å². The molecule has 0 N–H and O–H groups in total. The van der Waals surface area contributed by atoms with Gasteiger partial charge in [0.25, 0.3) is 0 Å². The highest BCUT2D eigenvalue weighted by Crippen LogP contribution is 2.38. The number of benzene rings is 7. The van der Waals surface area contributed by atoms with Crippen molar-refractivity contribution in [1.29, 1.82) is 0 Å². The van der Waals surface area contributed by atoms with E-state index in [1.165, 1.54) is 22.3 Å². The molecular formula is C48H33N3O. The topological polar surface area (TPSA) is 51.8 Å². The third-order valence-corrected chi connectivity index (χ3v) is 9.49. The van der Waals surface area contributed by atoms with Crippen LogP contribution in [0.15, 0.2) is 180 Å². The third-order valence-electron chi connectivity index (χ3n) is 9.49. The van der Waals surface area contributed by atoms with Crippen LogP contribution < -0.4 is 0 Å². The highest BCUT2D eigenvalue weighted by Gasteiger charge is 2.18. The number of hydrogen-bond donors (Lipinski definition) is 0. The first-order valence-electron chi connectivity index (χ1n) is 17.5. The molecule has 52 heavy (non-hydrogen) atoms. The molecule has 0 aliphatic carbocycles. The number of nitrogens with zero attached hydrogens (tertiary/aromatic N) is 3. The fourth-order valence-corrected chi connectivity index (χ4v) is 6.90. The van der Waals surface area contributed by atoms with Crippen LogP contribution in [0.1, 0.15) is 12.5 Å². The second-order valence-corrected chi connectivity index (χ2v) is 12.8. The van der Waals surface area contributed by atoms with Crippen molar-refractivity contribution in [3.05, 3.63) is 181 Å². The lowest BCUT2D eigenvalue weighted by Gasteiger charge is -2.10. The Morgan fingerprint density at radius 2 is 0.923 bits per heavy atom. The van der Waals surface area contributed by atoms with Crippen molar-refractivity contribution in [3.63, 3.8) is 0 Å². The van der Waals surface area contributed by atoms with Crippen LogP contribution >= 0.6 is 0 Å². The number of fused-ring (bicyclic) bond motifs is 3. The Morgan fingerprint density at radius 3 is 1.63 bits per heavy atom. The number of hydrogen-bond acceptors (Lipinski definition) is 4. The van der Waals surface area contributed by atoms with Crippen LogP contribution in [0, 0.1) is 0 Å². The molecule has 9 aromatic rings.